The van der Waals surface area contributed by atoms with Gasteiger partial charge in [-0.1, -0.05) is 36.4 Å². The Labute approximate surface area is 152 Å². The number of piperidine rings is 1. The fourth-order valence-corrected chi connectivity index (χ4v) is 3.93. The van der Waals surface area contributed by atoms with Crippen molar-refractivity contribution in [3.05, 3.63) is 65.8 Å². The lowest BCUT2D eigenvalue weighted by atomic mass is 10.0. The van der Waals surface area contributed by atoms with Crippen LogP contribution in [0.15, 0.2) is 60.2 Å². The molecule has 0 aliphatic carbocycles. The molecule has 2 aromatic heterocycles. The first-order valence-corrected chi connectivity index (χ1v) is 9.63. The number of hydrogen-bond donors (Lipinski definition) is 1. The Morgan fingerprint density at radius 2 is 1.76 bits per heavy atom. The molecule has 1 fully saturated rings. The third-order valence-corrected chi connectivity index (χ3v) is 5.55. The fraction of sp³-hybridized carbons (Fsp3) is 0.300. The average molecular weight is 350 g/mol. The zero-order valence-corrected chi connectivity index (χ0v) is 15.0. The predicted octanol–water partition coefficient (Wildman–Crippen LogP) is 4.28. The molecular formula is C20H22N4S. The number of hydrogen-bond acceptors (Lipinski definition) is 5. The molecule has 1 saturated heterocycles. The summed E-state index contributed by atoms with van der Waals surface area (Å²) in [6.07, 6.45) is 6.07. The van der Waals surface area contributed by atoms with Crippen molar-refractivity contribution in [1.82, 2.24) is 14.9 Å². The predicted molar refractivity (Wildman–Crippen MR) is 104 cm³/mol. The normalized spacial score (nSPS) is 16.0. The van der Waals surface area contributed by atoms with Gasteiger partial charge in [0.25, 0.3) is 0 Å². The van der Waals surface area contributed by atoms with Crippen molar-refractivity contribution in [2.24, 2.45) is 0 Å². The van der Waals surface area contributed by atoms with Crippen molar-refractivity contribution in [1.29, 1.82) is 0 Å². The SMILES string of the molecule is c1ccc(CN2CCC(Nc3ncc(-c4cccs4)cn3)CC2)cc1. The highest BCUT2D eigenvalue weighted by Gasteiger charge is 2.19. The molecule has 1 aromatic carbocycles. The van der Waals surface area contributed by atoms with E-state index in [-0.39, 0.29) is 0 Å². The summed E-state index contributed by atoms with van der Waals surface area (Å²) in [7, 11) is 0. The van der Waals surface area contributed by atoms with Crippen molar-refractivity contribution in [3.63, 3.8) is 0 Å². The molecule has 3 aromatic rings. The van der Waals surface area contributed by atoms with Gasteiger partial charge in [0.1, 0.15) is 0 Å². The standard InChI is InChI=1S/C20H22N4S/c1-2-5-16(6-3-1)15-24-10-8-18(9-11-24)23-20-21-13-17(14-22-20)19-7-4-12-25-19/h1-7,12-14,18H,8-11,15H2,(H,21,22,23). The van der Waals surface area contributed by atoms with Crippen LogP contribution in [0.4, 0.5) is 5.95 Å². The molecule has 5 heteroatoms. The number of thiophene rings is 1. The minimum atomic E-state index is 0.458. The smallest absolute Gasteiger partial charge is 0.222 e. The van der Waals surface area contributed by atoms with E-state index in [9.17, 15) is 0 Å². The van der Waals surface area contributed by atoms with Gasteiger partial charge in [-0.2, -0.15) is 0 Å². The van der Waals surface area contributed by atoms with Crippen LogP contribution in [0, 0.1) is 0 Å². The Balaban J connectivity index is 1.28. The number of likely N-dealkylation sites (tertiary alicyclic amines) is 1. The highest BCUT2D eigenvalue weighted by Crippen LogP contribution is 2.24. The summed E-state index contributed by atoms with van der Waals surface area (Å²) in [6, 6.07) is 15.3. The summed E-state index contributed by atoms with van der Waals surface area (Å²) in [6.45, 7) is 3.26. The van der Waals surface area contributed by atoms with Gasteiger partial charge < -0.3 is 5.32 Å². The van der Waals surface area contributed by atoms with Crippen molar-refractivity contribution >= 4 is 17.3 Å². The van der Waals surface area contributed by atoms with Crippen molar-refractivity contribution < 1.29 is 0 Å². The lowest BCUT2D eigenvalue weighted by Gasteiger charge is -2.32. The van der Waals surface area contributed by atoms with Crippen LogP contribution < -0.4 is 5.32 Å². The van der Waals surface area contributed by atoms with Crippen molar-refractivity contribution in [2.45, 2.75) is 25.4 Å². The van der Waals surface area contributed by atoms with Crippen molar-refractivity contribution in [3.8, 4) is 10.4 Å². The number of aromatic nitrogens is 2. The molecule has 0 spiro atoms. The van der Waals surface area contributed by atoms with Gasteiger partial charge in [-0.05, 0) is 29.9 Å². The number of nitrogens with one attached hydrogen (secondary N) is 1. The van der Waals surface area contributed by atoms with E-state index in [1.54, 1.807) is 11.3 Å². The molecule has 0 saturated carbocycles. The molecule has 0 bridgehead atoms. The zero-order chi connectivity index (χ0) is 16.9. The van der Waals surface area contributed by atoms with E-state index in [1.807, 2.05) is 12.4 Å². The van der Waals surface area contributed by atoms with E-state index < -0.39 is 0 Å². The molecule has 1 aliphatic heterocycles. The first-order chi connectivity index (χ1) is 12.4. The highest BCUT2D eigenvalue weighted by atomic mass is 32.1. The first kappa shape index (κ1) is 16.2. The fourth-order valence-electron chi connectivity index (χ4n) is 3.23. The number of benzene rings is 1. The summed E-state index contributed by atoms with van der Waals surface area (Å²) in [5.41, 5.74) is 2.47. The van der Waals surface area contributed by atoms with Gasteiger partial charge in [-0.25, -0.2) is 9.97 Å². The molecule has 25 heavy (non-hydrogen) atoms. The third kappa shape index (κ3) is 4.24. The molecule has 0 atom stereocenters. The topological polar surface area (TPSA) is 41.0 Å². The zero-order valence-electron chi connectivity index (χ0n) is 14.1. The molecule has 0 unspecified atom stereocenters. The lowest BCUT2D eigenvalue weighted by Crippen LogP contribution is -2.38. The maximum Gasteiger partial charge on any atom is 0.222 e. The van der Waals surface area contributed by atoms with Gasteiger partial charge in [0.05, 0.1) is 0 Å². The monoisotopic (exact) mass is 350 g/mol. The summed E-state index contributed by atoms with van der Waals surface area (Å²) < 4.78 is 0. The first-order valence-electron chi connectivity index (χ1n) is 8.75. The number of nitrogens with zero attached hydrogens (tertiary/aromatic N) is 3. The summed E-state index contributed by atoms with van der Waals surface area (Å²) in [4.78, 5) is 12.7. The quantitative estimate of drug-likeness (QED) is 0.746. The number of rotatable bonds is 5. The van der Waals surface area contributed by atoms with E-state index in [2.05, 4.69) is 68.0 Å². The van der Waals surface area contributed by atoms with E-state index in [0.29, 0.717) is 6.04 Å². The van der Waals surface area contributed by atoms with Crippen LogP contribution in [0.2, 0.25) is 0 Å². The van der Waals surface area contributed by atoms with Crippen LogP contribution in [-0.4, -0.2) is 34.0 Å². The second-order valence-electron chi connectivity index (χ2n) is 6.45. The van der Waals surface area contributed by atoms with E-state index in [4.69, 9.17) is 0 Å². The van der Waals surface area contributed by atoms with Crippen LogP contribution in [-0.2, 0) is 6.54 Å². The minimum Gasteiger partial charge on any atom is -0.351 e. The molecule has 128 valence electrons. The average Bonchev–Trinajstić information content (AvgIpc) is 3.20. The molecule has 1 aliphatic rings. The van der Waals surface area contributed by atoms with Gasteiger partial charge in [-0.15, -0.1) is 11.3 Å². The molecule has 4 nitrogen and oxygen atoms in total. The second-order valence-corrected chi connectivity index (χ2v) is 7.40. The van der Waals surface area contributed by atoms with Gasteiger partial charge in [0.15, 0.2) is 0 Å². The van der Waals surface area contributed by atoms with Crippen LogP contribution in [0.1, 0.15) is 18.4 Å². The summed E-state index contributed by atoms with van der Waals surface area (Å²) in [5.74, 6) is 0.738. The van der Waals surface area contributed by atoms with Gasteiger partial charge in [-0.3, -0.25) is 4.90 Å². The Bertz CT molecular complexity index is 763. The van der Waals surface area contributed by atoms with Gasteiger partial charge in [0, 0.05) is 48.5 Å². The Kier molecular flexibility index (Phi) is 5.04. The third-order valence-electron chi connectivity index (χ3n) is 4.63. The van der Waals surface area contributed by atoms with Crippen molar-refractivity contribution in [2.75, 3.05) is 18.4 Å². The maximum absolute atomic E-state index is 4.49. The summed E-state index contributed by atoms with van der Waals surface area (Å²) in [5, 5.41) is 5.57. The molecule has 4 rings (SSSR count). The molecule has 0 amide bonds. The summed E-state index contributed by atoms with van der Waals surface area (Å²) >= 11 is 1.71. The number of anilines is 1. The van der Waals surface area contributed by atoms with Crippen LogP contribution in [0.3, 0.4) is 0 Å². The van der Waals surface area contributed by atoms with E-state index in [1.165, 1.54) is 10.4 Å². The molecular weight excluding hydrogens is 328 g/mol. The van der Waals surface area contributed by atoms with Gasteiger partial charge in [0.2, 0.25) is 5.95 Å². The van der Waals surface area contributed by atoms with E-state index >= 15 is 0 Å². The Morgan fingerprint density at radius 1 is 1.00 bits per heavy atom. The van der Waals surface area contributed by atoms with Crippen LogP contribution in [0.5, 0.6) is 0 Å². The highest BCUT2D eigenvalue weighted by molar-refractivity contribution is 7.13. The largest absolute Gasteiger partial charge is 0.351 e. The minimum absolute atomic E-state index is 0.458. The Morgan fingerprint density at radius 3 is 2.44 bits per heavy atom. The maximum atomic E-state index is 4.49. The molecule has 1 N–H and O–H groups in total. The molecule has 3 heterocycles. The molecule has 0 radical (unpaired) electrons. The van der Waals surface area contributed by atoms with Gasteiger partial charge >= 0.3 is 0 Å². The second kappa shape index (κ2) is 7.76. The van der Waals surface area contributed by atoms with Crippen LogP contribution >= 0.6 is 11.3 Å². The lowest BCUT2D eigenvalue weighted by molar-refractivity contribution is 0.211. The Hall–Kier alpha value is -2.24. The van der Waals surface area contributed by atoms with E-state index in [0.717, 1.165) is 44.0 Å². The van der Waals surface area contributed by atoms with Crippen LogP contribution in [0.25, 0.3) is 10.4 Å².